The Morgan fingerprint density at radius 3 is 2.79 bits per heavy atom. The number of hydrogen-bond acceptors (Lipinski definition) is 4. The SMILES string of the molecule is [2H]C([2H])(N1C[C@H](N2Cc3c[nH]nc3C2)C[C@H](N)C1c1cc(F)ccc1F)C(F)(F)F. The van der Waals surface area contributed by atoms with Gasteiger partial charge in [0.25, 0.3) is 0 Å². The van der Waals surface area contributed by atoms with Gasteiger partial charge < -0.3 is 5.73 Å². The minimum Gasteiger partial charge on any atom is -0.326 e. The monoisotopic (exact) mass is 403 g/mol. The Morgan fingerprint density at radius 2 is 2.07 bits per heavy atom. The third kappa shape index (κ3) is 3.76. The van der Waals surface area contributed by atoms with Crippen molar-refractivity contribution in [1.29, 1.82) is 0 Å². The fourth-order valence-corrected chi connectivity index (χ4v) is 4.11. The number of nitrogens with two attached hydrogens (primary N) is 1. The highest BCUT2D eigenvalue weighted by Crippen LogP contribution is 2.37. The summed E-state index contributed by atoms with van der Waals surface area (Å²) in [5.74, 6) is -1.77. The average Bonchev–Trinajstić information content (AvgIpc) is 3.24. The predicted molar refractivity (Wildman–Crippen MR) is 90.9 cm³/mol. The van der Waals surface area contributed by atoms with Gasteiger partial charge in [-0.25, -0.2) is 8.78 Å². The molecule has 0 saturated carbocycles. The maximum Gasteiger partial charge on any atom is 0.401 e. The molecule has 0 aliphatic carbocycles. The summed E-state index contributed by atoms with van der Waals surface area (Å²) in [6.07, 6.45) is -3.36. The Balaban J connectivity index is 1.70. The van der Waals surface area contributed by atoms with Gasteiger partial charge in [0.05, 0.1) is 21.0 Å². The second kappa shape index (κ2) is 7.09. The molecule has 10 heteroatoms. The summed E-state index contributed by atoms with van der Waals surface area (Å²) >= 11 is 0. The van der Waals surface area contributed by atoms with Crippen LogP contribution in [0.15, 0.2) is 24.4 Å². The van der Waals surface area contributed by atoms with E-state index in [1.807, 2.05) is 4.90 Å². The van der Waals surface area contributed by atoms with Gasteiger partial charge in [-0.15, -0.1) is 0 Å². The quantitative estimate of drug-likeness (QED) is 0.774. The lowest BCUT2D eigenvalue weighted by Crippen LogP contribution is -2.57. The molecular weight excluding hydrogens is 381 g/mol. The number of halogens is 5. The summed E-state index contributed by atoms with van der Waals surface area (Å²) in [5.41, 5.74) is 7.48. The lowest BCUT2D eigenvalue weighted by molar-refractivity contribution is -0.158. The van der Waals surface area contributed by atoms with Crippen LogP contribution in [0.2, 0.25) is 0 Å². The number of H-pyrrole nitrogens is 1. The molecule has 1 saturated heterocycles. The molecule has 1 aromatic heterocycles. The molecule has 3 heterocycles. The summed E-state index contributed by atoms with van der Waals surface area (Å²) in [4.78, 5) is 2.40. The maximum atomic E-state index is 14.4. The Hall–Kier alpha value is -2.04. The Labute approximate surface area is 161 Å². The molecule has 152 valence electrons. The van der Waals surface area contributed by atoms with E-state index >= 15 is 0 Å². The molecule has 1 fully saturated rings. The van der Waals surface area contributed by atoms with Crippen LogP contribution in [-0.4, -0.2) is 51.3 Å². The van der Waals surface area contributed by atoms with Gasteiger partial charge >= 0.3 is 6.18 Å². The molecule has 0 radical (unpaired) electrons. The molecular formula is C18H20F5N5. The second-order valence-electron chi connectivity index (χ2n) is 7.19. The van der Waals surface area contributed by atoms with Crippen molar-refractivity contribution < 1.29 is 24.7 Å². The van der Waals surface area contributed by atoms with Gasteiger partial charge in [0.1, 0.15) is 11.6 Å². The summed E-state index contributed by atoms with van der Waals surface area (Å²) < 4.78 is 84.7. The number of hydrogen-bond donors (Lipinski definition) is 2. The zero-order valence-corrected chi connectivity index (χ0v) is 14.7. The highest BCUT2D eigenvalue weighted by Gasteiger charge is 2.44. The zero-order valence-electron chi connectivity index (χ0n) is 16.7. The van der Waals surface area contributed by atoms with Crippen LogP contribution in [0.1, 0.15) is 32.0 Å². The molecule has 4 rings (SSSR count). The lowest BCUT2D eigenvalue weighted by atomic mass is 9.87. The molecule has 3 N–H and O–H groups in total. The van der Waals surface area contributed by atoms with E-state index in [1.54, 1.807) is 6.20 Å². The first kappa shape index (κ1) is 16.9. The summed E-state index contributed by atoms with van der Waals surface area (Å²) in [5, 5.41) is 6.82. The lowest BCUT2D eigenvalue weighted by Gasteiger charge is -2.46. The van der Waals surface area contributed by atoms with Crippen LogP contribution < -0.4 is 5.73 Å². The minimum absolute atomic E-state index is 0.193. The Morgan fingerprint density at radius 1 is 1.29 bits per heavy atom. The van der Waals surface area contributed by atoms with Crippen LogP contribution in [0.25, 0.3) is 0 Å². The third-order valence-corrected chi connectivity index (χ3v) is 5.29. The number of aromatic amines is 1. The maximum absolute atomic E-state index is 14.4. The van der Waals surface area contributed by atoms with E-state index in [1.165, 1.54) is 0 Å². The number of alkyl halides is 3. The van der Waals surface area contributed by atoms with Crippen LogP contribution in [0.3, 0.4) is 0 Å². The second-order valence-corrected chi connectivity index (χ2v) is 7.19. The van der Waals surface area contributed by atoms with Crippen LogP contribution >= 0.6 is 0 Å². The predicted octanol–water partition coefficient (Wildman–Crippen LogP) is 2.71. The molecule has 0 amide bonds. The molecule has 5 nitrogen and oxygen atoms in total. The van der Waals surface area contributed by atoms with Gasteiger partial charge in [-0.3, -0.25) is 14.9 Å². The van der Waals surface area contributed by atoms with E-state index < -0.39 is 42.4 Å². The number of likely N-dealkylation sites (tertiary alicyclic amines) is 1. The summed E-state index contributed by atoms with van der Waals surface area (Å²) in [6.45, 7) is -3.32. The topological polar surface area (TPSA) is 61.2 Å². The molecule has 1 unspecified atom stereocenters. The first-order valence-corrected chi connectivity index (χ1v) is 8.78. The molecule has 2 aliphatic heterocycles. The van der Waals surface area contributed by atoms with Crippen LogP contribution in [0, 0.1) is 11.6 Å². The average molecular weight is 403 g/mol. The fourth-order valence-electron chi connectivity index (χ4n) is 4.11. The fraction of sp³-hybridized carbons (Fsp3) is 0.500. The van der Waals surface area contributed by atoms with Crippen molar-refractivity contribution in [2.24, 2.45) is 5.73 Å². The van der Waals surface area contributed by atoms with Gasteiger partial charge in [-0.1, -0.05) is 0 Å². The summed E-state index contributed by atoms with van der Waals surface area (Å²) in [7, 11) is 0. The van der Waals surface area contributed by atoms with Gasteiger partial charge in [-0.2, -0.15) is 18.3 Å². The number of piperidine rings is 1. The van der Waals surface area contributed by atoms with E-state index in [9.17, 15) is 22.0 Å². The number of benzene rings is 1. The number of nitrogens with one attached hydrogen (secondary N) is 1. The van der Waals surface area contributed by atoms with Crippen molar-refractivity contribution in [3.63, 3.8) is 0 Å². The van der Waals surface area contributed by atoms with Crippen molar-refractivity contribution in [1.82, 2.24) is 20.0 Å². The van der Waals surface area contributed by atoms with Gasteiger partial charge in [0, 0.05) is 49.0 Å². The Kier molecular flexibility index (Phi) is 4.27. The van der Waals surface area contributed by atoms with Crippen LogP contribution in [-0.2, 0) is 13.1 Å². The van der Waals surface area contributed by atoms with Gasteiger partial charge in [0.15, 0.2) is 0 Å². The summed E-state index contributed by atoms with van der Waals surface area (Å²) in [6, 6.07) is -0.597. The number of aromatic nitrogens is 2. The first-order valence-electron chi connectivity index (χ1n) is 9.78. The van der Waals surface area contributed by atoms with Crippen molar-refractivity contribution in [2.45, 2.75) is 43.8 Å². The molecule has 0 bridgehead atoms. The minimum atomic E-state index is -5.26. The smallest absolute Gasteiger partial charge is 0.326 e. The van der Waals surface area contributed by atoms with E-state index in [4.69, 9.17) is 8.48 Å². The number of nitrogens with zero attached hydrogens (tertiary/aromatic N) is 3. The third-order valence-electron chi connectivity index (χ3n) is 5.29. The normalized spacial score (nSPS) is 28.1. The highest BCUT2D eigenvalue weighted by molar-refractivity contribution is 5.26. The number of fused-ring (bicyclic) bond motifs is 1. The number of rotatable bonds is 3. The van der Waals surface area contributed by atoms with Crippen molar-refractivity contribution >= 4 is 0 Å². The molecule has 28 heavy (non-hydrogen) atoms. The van der Waals surface area contributed by atoms with Gasteiger partial charge in [0.2, 0.25) is 0 Å². The zero-order chi connectivity index (χ0) is 21.8. The van der Waals surface area contributed by atoms with E-state index in [2.05, 4.69) is 10.2 Å². The molecule has 1 aromatic carbocycles. The van der Waals surface area contributed by atoms with E-state index in [0.717, 1.165) is 29.5 Å². The van der Waals surface area contributed by atoms with E-state index in [-0.39, 0.29) is 18.5 Å². The molecule has 0 spiro atoms. The van der Waals surface area contributed by atoms with Crippen molar-refractivity contribution in [3.8, 4) is 0 Å². The molecule has 2 aromatic rings. The molecule has 2 aliphatic rings. The van der Waals surface area contributed by atoms with Crippen LogP contribution in [0.5, 0.6) is 0 Å². The van der Waals surface area contributed by atoms with Crippen molar-refractivity contribution in [3.05, 3.63) is 52.9 Å². The van der Waals surface area contributed by atoms with Crippen molar-refractivity contribution in [2.75, 3.05) is 13.0 Å². The largest absolute Gasteiger partial charge is 0.401 e. The van der Waals surface area contributed by atoms with Crippen LogP contribution in [0.4, 0.5) is 22.0 Å². The molecule has 3 atom stereocenters. The first-order chi connectivity index (χ1) is 14.0. The van der Waals surface area contributed by atoms with E-state index in [0.29, 0.717) is 18.0 Å². The Bertz CT molecular complexity index is 913. The standard InChI is InChI=1S/C18H20F5N5/c19-11-1-2-14(20)13(3-11)17-15(24)4-12(7-28(17)9-18(21,22)23)27-6-10-5-25-26-16(10)8-27/h1-3,5,12,15,17H,4,6-9,24H2,(H,25,26)/t12-,15+,17?/m1/s1/i9D2. The van der Waals surface area contributed by atoms with Gasteiger partial charge in [-0.05, 0) is 24.6 Å². The highest BCUT2D eigenvalue weighted by atomic mass is 19.4.